The number of aryl methyl sites for hydroxylation is 2. The van der Waals surface area contributed by atoms with Crippen LogP contribution in [0, 0.1) is 6.92 Å². The summed E-state index contributed by atoms with van der Waals surface area (Å²) in [5.41, 5.74) is 2.57. The van der Waals surface area contributed by atoms with Gasteiger partial charge < -0.3 is 0 Å². The SMILES string of the molecule is CCn1nc(Br)cc1-c1ccc2nnc(C)n2n1. The highest BCUT2D eigenvalue weighted by atomic mass is 79.9. The first kappa shape index (κ1) is 11.3. The third-order valence-electron chi connectivity index (χ3n) is 2.73. The lowest BCUT2D eigenvalue weighted by Gasteiger charge is -2.04. The van der Waals surface area contributed by atoms with E-state index in [1.165, 1.54) is 0 Å². The predicted octanol–water partition coefficient (Wildman–Crippen LogP) is 2.08. The number of nitrogens with zero attached hydrogens (tertiary/aromatic N) is 6. The average molecular weight is 307 g/mol. The van der Waals surface area contributed by atoms with Crippen LogP contribution in [0.3, 0.4) is 0 Å². The lowest BCUT2D eigenvalue weighted by atomic mass is 10.3. The van der Waals surface area contributed by atoms with Crippen LogP contribution in [-0.2, 0) is 6.54 Å². The molecule has 0 saturated heterocycles. The van der Waals surface area contributed by atoms with Crippen molar-refractivity contribution >= 4 is 21.6 Å². The van der Waals surface area contributed by atoms with Crippen molar-refractivity contribution in [1.82, 2.24) is 29.6 Å². The summed E-state index contributed by atoms with van der Waals surface area (Å²) >= 11 is 3.39. The van der Waals surface area contributed by atoms with E-state index in [1.54, 1.807) is 4.52 Å². The van der Waals surface area contributed by atoms with Crippen LogP contribution >= 0.6 is 15.9 Å². The van der Waals surface area contributed by atoms with E-state index < -0.39 is 0 Å². The molecule has 3 heterocycles. The molecule has 0 fully saturated rings. The van der Waals surface area contributed by atoms with E-state index in [1.807, 2.05) is 36.7 Å². The summed E-state index contributed by atoms with van der Waals surface area (Å²) in [6.07, 6.45) is 0. The van der Waals surface area contributed by atoms with Crippen molar-refractivity contribution < 1.29 is 0 Å². The maximum absolute atomic E-state index is 4.54. The highest BCUT2D eigenvalue weighted by molar-refractivity contribution is 9.10. The van der Waals surface area contributed by atoms with Gasteiger partial charge in [0.1, 0.15) is 10.3 Å². The van der Waals surface area contributed by atoms with Crippen LogP contribution in [0.15, 0.2) is 22.8 Å². The molecule has 0 N–H and O–H groups in total. The van der Waals surface area contributed by atoms with E-state index in [-0.39, 0.29) is 0 Å². The van der Waals surface area contributed by atoms with Crippen LogP contribution in [0.2, 0.25) is 0 Å². The maximum atomic E-state index is 4.54. The molecular weight excluding hydrogens is 296 g/mol. The smallest absolute Gasteiger partial charge is 0.177 e. The van der Waals surface area contributed by atoms with Crippen molar-refractivity contribution in [2.24, 2.45) is 0 Å². The number of hydrogen-bond donors (Lipinski definition) is 0. The van der Waals surface area contributed by atoms with Gasteiger partial charge in [-0.2, -0.15) is 14.7 Å². The summed E-state index contributed by atoms with van der Waals surface area (Å²) in [6.45, 7) is 4.72. The van der Waals surface area contributed by atoms with Crippen molar-refractivity contribution in [2.45, 2.75) is 20.4 Å². The fourth-order valence-corrected chi connectivity index (χ4v) is 2.27. The van der Waals surface area contributed by atoms with Gasteiger partial charge in [0.05, 0.1) is 5.69 Å². The number of rotatable bonds is 2. The molecule has 0 atom stereocenters. The molecule has 7 heteroatoms. The normalized spacial score (nSPS) is 11.3. The lowest BCUT2D eigenvalue weighted by molar-refractivity contribution is 0.659. The summed E-state index contributed by atoms with van der Waals surface area (Å²) in [5, 5.41) is 16.9. The van der Waals surface area contributed by atoms with Crippen LogP contribution in [0.1, 0.15) is 12.7 Å². The van der Waals surface area contributed by atoms with E-state index >= 15 is 0 Å². The summed E-state index contributed by atoms with van der Waals surface area (Å²) in [7, 11) is 0. The van der Waals surface area contributed by atoms with Crippen molar-refractivity contribution in [3.05, 3.63) is 28.6 Å². The quantitative estimate of drug-likeness (QED) is 0.727. The van der Waals surface area contributed by atoms with Crippen LogP contribution in [0.25, 0.3) is 17.0 Å². The summed E-state index contributed by atoms with van der Waals surface area (Å²) in [5.74, 6) is 0.772. The van der Waals surface area contributed by atoms with Crippen LogP contribution in [0.5, 0.6) is 0 Å². The molecule has 3 aromatic heterocycles. The first-order chi connectivity index (χ1) is 8.69. The Kier molecular flexibility index (Phi) is 2.62. The molecule has 6 nitrogen and oxygen atoms in total. The fourth-order valence-electron chi connectivity index (χ4n) is 1.87. The molecule has 3 aromatic rings. The topological polar surface area (TPSA) is 60.9 Å². The minimum absolute atomic E-state index is 0.748. The van der Waals surface area contributed by atoms with Crippen molar-refractivity contribution in [1.29, 1.82) is 0 Å². The first-order valence-corrected chi connectivity index (χ1v) is 6.41. The third-order valence-corrected chi connectivity index (χ3v) is 3.12. The van der Waals surface area contributed by atoms with Gasteiger partial charge in [-0.3, -0.25) is 4.68 Å². The number of hydrogen-bond acceptors (Lipinski definition) is 4. The molecule has 0 aliphatic carbocycles. The van der Waals surface area contributed by atoms with Gasteiger partial charge in [-0.15, -0.1) is 10.2 Å². The molecule has 0 radical (unpaired) electrons. The molecule has 18 heavy (non-hydrogen) atoms. The summed E-state index contributed by atoms with van der Waals surface area (Å²) in [4.78, 5) is 0. The molecule has 92 valence electrons. The Labute approximate surface area is 112 Å². The second-order valence-electron chi connectivity index (χ2n) is 3.90. The molecule has 0 spiro atoms. The third kappa shape index (κ3) is 1.71. The molecule has 3 rings (SSSR count). The van der Waals surface area contributed by atoms with Gasteiger partial charge in [0.25, 0.3) is 0 Å². The Morgan fingerprint density at radius 3 is 2.83 bits per heavy atom. The van der Waals surface area contributed by atoms with E-state index in [4.69, 9.17) is 0 Å². The van der Waals surface area contributed by atoms with Crippen LogP contribution in [-0.4, -0.2) is 29.6 Å². The minimum atomic E-state index is 0.748. The summed E-state index contributed by atoms with van der Waals surface area (Å²) in [6, 6.07) is 5.79. The predicted molar refractivity (Wildman–Crippen MR) is 70.1 cm³/mol. The van der Waals surface area contributed by atoms with Gasteiger partial charge in [-0.25, -0.2) is 0 Å². The molecule has 0 unspecified atom stereocenters. The van der Waals surface area contributed by atoms with E-state index in [2.05, 4.69) is 36.3 Å². The number of halogens is 1. The molecule has 0 aliphatic heterocycles. The van der Waals surface area contributed by atoms with Crippen LogP contribution < -0.4 is 0 Å². The standard InChI is InChI=1S/C11H11BrN6/c1-3-17-9(6-10(12)16-17)8-4-5-11-14-13-7(2)18(11)15-8/h4-6H,3H2,1-2H3. The van der Waals surface area contributed by atoms with Gasteiger partial charge in [0.2, 0.25) is 0 Å². The zero-order valence-electron chi connectivity index (χ0n) is 10.0. The Bertz CT molecular complexity index is 713. The fraction of sp³-hybridized carbons (Fsp3) is 0.273. The van der Waals surface area contributed by atoms with Gasteiger partial charge in [0, 0.05) is 12.6 Å². The van der Waals surface area contributed by atoms with Crippen molar-refractivity contribution in [2.75, 3.05) is 0 Å². The molecule has 0 saturated carbocycles. The van der Waals surface area contributed by atoms with Gasteiger partial charge in [0.15, 0.2) is 11.5 Å². The molecule has 0 amide bonds. The molecule has 0 aliphatic rings. The molecular formula is C11H11BrN6. The zero-order chi connectivity index (χ0) is 12.7. The Morgan fingerprint density at radius 1 is 1.22 bits per heavy atom. The Hall–Kier alpha value is -1.76. The Morgan fingerprint density at radius 2 is 2.06 bits per heavy atom. The highest BCUT2D eigenvalue weighted by Gasteiger charge is 2.11. The van der Waals surface area contributed by atoms with E-state index in [0.717, 1.165) is 34.0 Å². The second-order valence-corrected chi connectivity index (χ2v) is 4.72. The van der Waals surface area contributed by atoms with Gasteiger partial charge >= 0.3 is 0 Å². The monoisotopic (exact) mass is 306 g/mol. The lowest BCUT2D eigenvalue weighted by Crippen LogP contribution is -2.02. The van der Waals surface area contributed by atoms with Crippen molar-refractivity contribution in [3.63, 3.8) is 0 Å². The average Bonchev–Trinajstić information content (AvgIpc) is 2.93. The van der Waals surface area contributed by atoms with Crippen LogP contribution in [0.4, 0.5) is 0 Å². The molecule has 0 bridgehead atoms. The van der Waals surface area contributed by atoms with E-state index in [9.17, 15) is 0 Å². The maximum Gasteiger partial charge on any atom is 0.177 e. The van der Waals surface area contributed by atoms with E-state index in [0.29, 0.717) is 0 Å². The molecule has 0 aromatic carbocycles. The number of fused-ring (bicyclic) bond motifs is 1. The zero-order valence-corrected chi connectivity index (χ0v) is 11.6. The summed E-state index contributed by atoms with van der Waals surface area (Å²) < 4.78 is 4.44. The minimum Gasteiger partial charge on any atom is -0.262 e. The highest BCUT2D eigenvalue weighted by Crippen LogP contribution is 2.21. The van der Waals surface area contributed by atoms with Crippen molar-refractivity contribution in [3.8, 4) is 11.4 Å². The van der Waals surface area contributed by atoms with Gasteiger partial charge in [-0.1, -0.05) is 0 Å². The first-order valence-electron chi connectivity index (χ1n) is 5.62. The number of aromatic nitrogens is 6. The second kappa shape index (κ2) is 4.16. The largest absolute Gasteiger partial charge is 0.262 e. The van der Waals surface area contributed by atoms with Gasteiger partial charge in [-0.05, 0) is 41.9 Å². The Balaban J connectivity index is 2.21.